The monoisotopic (exact) mass is 292 g/mol. The molecule has 1 saturated heterocycles. The van der Waals surface area contributed by atoms with Gasteiger partial charge in [0.2, 0.25) is 0 Å². The highest BCUT2D eigenvalue weighted by molar-refractivity contribution is 5.47. The summed E-state index contributed by atoms with van der Waals surface area (Å²) in [4.78, 5) is 9.37. The van der Waals surface area contributed by atoms with Gasteiger partial charge in [0.25, 0.3) is 0 Å². The molecular formula is C16H28N4O. The van der Waals surface area contributed by atoms with Crippen molar-refractivity contribution in [2.75, 3.05) is 52.3 Å². The fraction of sp³-hybridized carbons (Fsp3) is 0.688. The quantitative estimate of drug-likeness (QED) is 0.768. The summed E-state index contributed by atoms with van der Waals surface area (Å²) >= 11 is 0. The van der Waals surface area contributed by atoms with Crippen LogP contribution < -0.4 is 10.2 Å². The average molecular weight is 292 g/mol. The number of rotatable bonds is 7. The van der Waals surface area contributed by atoms with Gasteiger partial charge in [-0.1, -0.05) is 6.07 Å². The van der Waals surface area contributed by atoms with Gasteiger partial charge in [0.05, 0.1) is 6.61 Å². The van der Waals surface area contributed by atoms with Crippen LogP contribution in [0.3, 0.4) is 0 Å². The lowest BCUT2D eigenvalue weighted by Gasteiger charge is -2.37. The molecule has 0 amide bonds. The second-order valence-corrected chi connectivity index (χ2v) is 5.82. The molecule has 1 aromatic heterocycles. The Morgan fingerprint density at radius 1 is 1.52 bits per heavy atom. The predicted octanol–water partition coefficient (Wildman–Crippen LogP) is 1.35. The molecule has 5 heteroatoms. The first-order chi connectivity index (χ1) is 10.2. The number of aromatic nitrogens is 1. The summed E-state index contributed by atoms with van der Waals surface area (Å²) in [6.07, 6.45) is 4.39. The Kier molecular flexibility index (Phi) is 6.42. The number of pyridine rings is 1. The minimum absolute atomic E-state index is 0.552. The molecule has 1 unspecified atom stereocenters. The Bertz CT molecular complexity index is 426. The number of nitrogens with zero attached hydrogens (tertiary/aromatic N) is 3. The normalized spacial score (nSPS) is 19.7. The molecule has 1 aliphatic rings. The lowest BCUT2D eigenvalue weighted by Crippen LogP contribution is -2.45. The van der Waals surface area contributed by atoms with Crippen LogP contribution in [0.4, 0.5) is 5.82 Å². The first-order valence-corrected chi connectivity index (χ1v) is 7.77. The maximum absolute atomic E-state index is 5.07. The van der Waals surface area contributed by atoms with Crippen molar-refractivity contribution in [3.63, 3.8) is 0 Å². The molecule has 1 atom stereocenters. The molecule has 0 radical (unpaired) electrons. The van der Waals surface area contributed by atoms with Gasteiger partial charge in [0, 0.05) is 51.6 Å². The van der Waals surface area contributed by atoms with E-state index in [1.54, 1.807) is 7.11 Å². The van der Waals surface area contributed by atoms with Crippen LogP contribution in [0.5, 0.6) is 0 Å². The van der Waals surface area contributed by atoms with Crippen molar-refractivity contribution >= 4 is 5.82 Å². The van der Waals surface area contributed by atoms with Crippen LogP contribution in [0.15, 0.2) is 18.3 Å². The third-order valence-electron chi connectivity index (χ3n) is 4.15. The van der Waals surface area contributed by atoms with E-state index in [2.05, 4.69) is 40.3 Å². The van der Waals surface area contributed by atoms with Gasteiger partial charge in [-0.15, -0.1) is 0 Å². The molecule has 0 aromatic carbocycles. The Hall–Kier alpha value is -1.17. The second kappa shape index (κ2) is 8.32. The highest BCUT2D eigenvalue weighted by atomic mass is 16.5. The Balaban J connectivity index is 2.00. The van der Waals surface area contributed by atoms with Gasteiger partial charge >= 0.3 is 0 Å². The smallest absolute Gasteiger partial charge is 0.133 e. The number of likely N-dealkylation sites (N-methyl/N-ethyl adjacent to an activating group) is 2. The molecule has 1 aliphatic heterocycles. The Morgan fingerprint density at radius 3 is 3.14 bits per heavy atom. The van der Waals surface area contributed by atoms with Gasteiger partial charge in [-0.3, -0.25) is 0 Å². The molecule has 0 spiro atoms. The van der Waals surface area contributed by atoms with E-state index in [0.717, 1.165) is 32.1 Å². The van der Waals surface area contributed by atoms with Gasteiger partial charge in [-0.2, -0.15) is 0 Å². The van der Waals surface area contributed by atoms with Crippen LogP contribution in [0, 0.1) is 0 Å². The summed E-state index contributed by atoms with van der Waals surface area (Å²) in [7, 11) is 6.10. The molecule has 0 saturated carbocycles. The fourth-order valence-corrected chi connectivity index (χ4v) is 2.91. The molecule has 0 aliphatic carbocycles. The van der Waals surface area contributed by atoms with E-state index in [-0.39, 0.29) is 0 Å². The number of nitrogens with one attached hydrogen (secondary N) is 1. The van der Waals surface area contributed by atoms with Crippen molar-refractivity contribution in [1.29, 1.82) is 0 Å². The van der Waals surface area contributed by atoms with E-state index >= 15 is 0 Å². The largest absolute Gasteiger partial charge is 0.383 e. The zero-order chi connectivity index (χ0) is 15.1. The van der Waals surface area contributed by atoms with Crippen molar-refractivity contribution in [2.24, 2.45) is 0 Å². The first kappa shape index (κ1) is 16.2. The SMILES string of the molecule is COCCNCc1cccnc1N(C)C1CCCN(C)C1. The van der Waals surface area contributed by atoms with Crippen molar-refractivity contribution in [3.05, 3.63) is 23.9 Å². The molecule has 5 nitrogen and oxygen atoms in total. The minimum Gasteiger partial charge on any atom is -0.383 e. The second-order valence-electron chi connectivity index (χ2n) is 5.82. The maximum atomic E-state index is 5.07. The zero-order valence-electron chi connectivity index (χ0n) is 13.5. The molecule has 118 valence electrons. The molecule has 2 heterocycles. The van der Waals surface area contributed by atoms with Crippen LogP contribution in [0.1, 0.15) is 18.4 Å². The van der Waals surface area contributed by atoms with Gasteiger partial charge < -0.3 is 19.9 Å². The molecule has 21 heavy (non-hydrogen) atoms. The van der Waals surface area contributed by atoms with E-state index in [1.165, 1.54) is 24.9 Å². The number of piperidine rings is 1. The van der Waals surface area contributed by atoms with Crippen molar-refractivity contribution in [1.82, 2.24) is 15.2 Å². The molecule has 1 N–H and O–H groups in total. The number of likely N-dealkylation sites (tertiary alicyclic amines) is 1. The van der Waals surface area contributed by atoms with Crippen LogP contribution in [0.2, 0.25) is 0 Å². The minimum atomic E-state index is 0.552. The maximum Gasteiger partial charge on any atom is 0.133 e. The Labute approximate surface area is 128 Å². The fourth-order valence-electron chi connectivity index (χ4n) is 2.91. The predicted molar refractivity (Wildman–Crippen MR) is 86.7 cm³/mol. The third-order valence-corrected chi connectivity index (χ3v) is 4.15. The molecule has 0 bridgehead atoms. The Morgan fingerprint density at radius 2 is 2.38 bits per heavy atom. The van der Waals surface area contributed by atoms with Gasteiger partial charge in [0.1, 0.15) is 5.82 Å². The number of ether oxygens (including phenoxy) is 1. The first-order valence-electron chi connectivity index (χ1n) is 7.77. The van der Waals surface area contributed by atoms with E-state index in [9.17, 15) is 0 Å². The van der Waals surface area contributed by atoms with E-state index in [1.807, 2.05) is 12.3 Å². The van der Waals surface area contributed by atoms with Gasteiger partial charge in [-0.25, -0.2) is 4.98 Å². The summed E-state index contributed by atoms with van der Waals surface area (Å²) in [6, 6.07) is 4.72. The van der Waals surface area contributed by atoms with Crippen LogP contribution in [-0.4, -0.2) is 63.4 Å². The van der Waals surface area contributed by atoms with Crippen LogP contribution in [-0.2, 0) is 11.3 Å². The van der Waals surface area contributed by atoms with E-state index in [4.69, 9.17) is 4.74 Å². The molecule has 1 aromatic rings. The third kappa shape index (κ3) is 4.66. The summed E-state index contributed by atoms with van der Waals surface area (Å²) in [5.74, 6) is 1.10. The number of hydrogen-bond donors (Lipinski definition) is 1. The van der Waals surface area contributed by atoms with Crippen LogP contribution >= 0.6 is 0 Å². The summed E-state index contributed by atoms with van der Waals surface area (Å²) < 4.78 is 5.07. The summed E-state index contributed by atoms with van der Waals surface area (Å²) in [5, 5.41) is 3.41. The van der Waals surface area contributed by atoms with Gasteiger partial charge in [0.15, 0.2) is 0 Å². The lowest BCUT2D eigenvalue weighted by molar-refractivity contribution is 0.199. The van der Waals surface area contributed by atoms with E-state index < -0.39 is 0 Å². The summed E-state index contributed by atoms with van der Waals surface area (Å²) in [6.45, 7) is 4.75. The van der Waals surface area contributed by atoms with Crippen molar-refractivity contribution < 1.29 is 4.74 Å². The average Bonchev–Trinajstić information content (AvgIpc) is 2.51. The number of hydrogen-bond acceptors (Lipinski definition) is 5. The number of methoxy groups -OCH3 is 1. The highest BCUT2D eigenvalue weighted by Crippen LogP contribution is 2.22. The zero-order valence-corrected chi connectivity index (χ0v) is 13.5. The molecular weight excluding hydrogens is 264 g/mol. The summed E-state index contributed by atoms with van der Waals surface area (Å²) in [5.41, 5.74) is 1.25. The molecule has 2 rings (SSSR count). The number of anilines is 1. The van der Waals surface area contributed by atoms with Crippen molar-refractivity contribution in [2.45, 2.75) is 25.4 Å². The standard InChI is InChI=1S/C16H28N4O/c1-19-10-5-7-15(13-19)20(2)16-14(6-4-8-18-16)12-17-9-11-21-3/h4,6,8,15,17H,5,7,9-13H2,1-3H3. The van der Waals surface area contributed by atoms with E-state index in [0.29, 0.717) is 6.04 Å². The lowest BCUT2D eigenvalue weighted by atomic mass is 10.0. The molecule has 1 fully saturated rings. The van der Waals surface area contributed by atoms with Crippen molar-refractivity contribution in [3.8, 4) is 0 Å². The highest BCUT2D eigenvalue weighted by Gasteiger charge is 2.23. The van der Waals surface area contributed by atoms with Crippen LogP contribution in [0.25, 0.3) is 0 Å². The topological polar surface area (TPSA) is 40.6 Å². The van der Waals surface area contributed by atoms with Gasteiger partial charge in [-0.05, 0) is 32.5 Å².